The second-order valence-corrected chi connectivity index (χ2v) is 15.6. The van der Waals surface area contributed by atoms with Gasteiger partial charge in [0.1, 0.15) is 6.07 Å². The lowest BCUT2D eigenvalue weighted by atomic mass is 9.42. The lowest BCUT2D eigenvalue weighted by molar-refractivity contribution is -0.131. The molecule has 3 aliphatic carbocycles. The molecule has 0 amide bonds. The minimum atomic E-state index is -0.678. The Morgan fingerprint density at radius 1 is 1.18 bits per heavy atom. The van der Waals surface area contributed by atoms with E-state index in [4.69, 9.17) is 4.42 Å². The predicted molar refractivity (Wildman–Crippen MR) is 156 cm³/mol. The summed E-state index contributed by atoms with van der Waals surface area (Å²) in [7, 11) is 0. The zero-order chi connectivity index (χ0) is 29.9. The van der Waals surface area contributed by atoms with E-state index in [-0.39, 0.29) is 44.7 Å². The van der Waals surface area contributed by atoms with Crippen LogP contribution < -0.4 is 0 Å². The van der Waals surface area contributed by atoms with Crippen LogP contribution >= 0.6 is 0 Å². The molecule has 0 aromatic carbocycles. The molecule has 218 valence electrons. The van der Waals surface area contributed by atoms with Gasteiger partial charge < -0.3 is 4.42 Å². The average Bonchev–Trinajstić information content (AvgIpc) is 3.38. The molecule has 2 saturated carbocycles. The number of Topliss-reactive ketones (excluding diaryl/α,β-unsaturated/α-hetero) is 1. The summed E-state index contributed by atoms with van der Waals surface area (Å²) in [4.78, 5) is 26.0. The van der Waals surface area contributed by atoms with Crippen LogP contribution in [0.1, 0.15) is 120 Å². The zero-order valence-electron chi connectivity index (χ0n) is 26.4. The van der Waals surface area contributed by atoms with E-state index in [1.807, 2.05) is 26.0 Å². The van der Waals surface area contributed by atoms with Gasteiger partial charge in [-0.25, -0.2) is 0 Å². The molecule has 1 aromatic rings. The Morgan fingerprint density at radius 2 is 1.85 bits per heavy atom. The second-order valence-electron chi connectivity index (χ2n) is 15.6. The van der Waals surface area contributed by atoms with Crippen molar-refractivity contribution in [2.75, 3.05) is 0 Å². The van der Waals surface area contributed by atoms with Crippen molar-refractivity contribution in [2.24, 2.45) is 38.9 Å². The number of allylic oxidation sites excluding steroid dienone is 4. The molecule has 3 aliphatic rings. The van der Waals surface area contributed by atoms with Crippen LogP contribution in [0.5, 0.6) is 0 Å². The van der Waals surface area contributed by atoms with Crippen molar-refractivity contribution in [1.29, 1.82) is 5.26 Å². The molecule has 4 rings (SSSR count). The van der Waals surface area contributed by atoms with E-state index in [1.54, 1.807) is 6.92 Å². The highest BCUT2D eigenvalue weighted by Crippen LogP contribution is 2.67. The molecule has 1 unspecified atom stereocenters. The minimum absolute atomic E-state index is 0.00554. The number of hydrogen-bond acceptors (Lipinski definition) is 6. The summed E-state index contributed by atoms with van der Waals surface area (Å²) < 4.78 is 5.92. The van der Waals surface area contributed by atoms with Gasteiger partial charge in [0.05, 0.1) is 11.0 Å². The van der Waals surface area contributed by atoms with Crippen LogP contribution in [0.4, 0.5) is 0 Å². The number of rotatable bonds is 6. The summed E-state index contributed by atoms with van der Waals surface area (Å²) in [5.74, 6) is 1.08. The van der Waals surface area contributed by atoms with Crippen LogP contribution in [0.15, 0.2) is 34.1 Å². The molecule has 6 heteroatoms. The molecule has 0 spiro atoms. The Kier molecular flexibility index (Phi) is 7.43. The first-order valence-corrected chi connectivity index (χ1v) is 15.0. The van der Waals surface area contributed by atoms with Crippen molar-refractivity contribution in [1.82, 2.24) is 10.2 Å². The summed E-state index contributed by atoms with van der Waals surface area (Å²) in [6.07, 6.45) is 12.0. The lowest BCUT2D eigenvalue weighted by Gasteiger charge is -2.61. The van der Waals surface area contributed by atoms with E-state index in [2.05, 4.69) is 64.7 Å². The Balaban J connectivity index is 1.77. The maximum atomic E-state index is 13.3. The average molecular weight is 548 g/mol. The van der Waals surface area contributed by atoms with Crippen LogP contribution in [0.2, 0.25) is 0 Å². The van der Waals surface area contributed by atoms with Gasteiger partial charge in [0.15, 0.2) is 11.6 Å². The van der Waals surface area contributed by atoms with Gasteiger partial charge in [0.2, 0.25) is 12.3 Å². The first kappa shape index (κ1) is 30.4. The fourth-order valence-corrected chi connectivity index (χ4v) is 9.04. The molecule has 2 fully saturated rings. The fraction of sp³-hybridized carbons (Fsp3) is 0.735. The number of nitrogens with zero attached hydrogens (tertiary/aromatic N) is 3. The molecule has 0 aliphatic heterocycles. The molecule has 5 atom stereocenters. The smallest absolute Gasteiger partial charge is 0.222 e. The molecule has 0 N–H and O–H groups in total. The van der Waals surface area contributed by atoms with Crippen molar-refractivity contribution in [3.05, 3.63) is 35.6 Å². The summed E-state index contributed by atoms with van der Waals surface area (Å²) in [6, 6.07) is 2.18. The molecular formula is C34H49N3O3. The Morgan fingerprint density at radius 3 is 2.40 bits per heavy atom. The standard InChI is InChI=1S/C34H49N3O3/c1-22-18-29(3,4)13-15-34(22,28-37-36-21-40-28)16-14-30(5,6)33(10)12-11-25-31(7,8)27(39)24(20-35)19-32(25,9)26(33)17-23(2)38/h17,19,21-22,25H,11-16,18H2,1-10H3/b26-17-/t22?,25-,32-,33+,34-/m0/s1. The SMILES string of the molecule is CC(=O)/C=C1/[C@@]2(C)C=C(C#N)C(=O)C(C)(C)[C@@H]2CC[C@@]1(C)C(C)(C)CC[C@@]1(c2nnco2)CCC(C)(C)CC1C. The van der Waals surface area contributed by atoms with Crippen molar-refractivity contribution in [2.45, 2.75) is 120 Å². The van der Waals surface area contributed by atoms with Crippen molar-refractivity contribution in [3.8, 4) is 6.07 Å². The van der Waals surface area contributed by atoms with Crippen molar-refractivity contribution >= 4 is 11.6 Å². The third-order valence-electron chi connectivity index (χ3n) is 12.0. The first-order valence-electron chi connectivity index (χ1n) is 15.0. The van der Waals surface area contributed by atoms with Crippen LogP contribution in [0.3, 0.4) is 0 Å². The summed E-state index contributed by atoms with van der Waals surface area (Å²) >= 11 is 0. The summed E-state index contributed by atoms with van der Waals surface area (Å²) in [5, 5.41) is 18.4. The minimum Gasteiger partial charge on any atom is -0.427 e. The van der Waals surface area contributed by atoms with Gasteiger partial charge in [-0.2, -0.15) is 5.26 Å². The fourth-order valence-electron chi connectivity index (χ4n) is 9.04. The maximum absolute atomic E-state index is 13.3. The highest BCUT2D eigenvalue weighted by atomic mass is 16.4. The maximum Gasteiger partial charge on any atom is 0.222 e. The van der Waals surface area contributed by atoms with Gasteiger partial charge in [0.25, 0.3) is 0 Å². The van der Waals surface area contributed by atoms with Gasteiger partial charge in [-0.1, -0.05) is 74.0 Å². The second kappa shape index (κ2) is 9.78. The quantitative estimate of drug-likeness (QED) is 0.335. The van der Waals surface area contributed by atoms with E-state index in [1.165, 1.54) is 6.39 Å². The molecule has 1 aromatic heterocycles. The van der Waals surface area contributed by atoms with Gasteiger partial charge in [-0.05, 0) is 86.0 Å². The third kappa shape index (κ3) is 4.62. The predicted octanol–water partition coefficient (Wildman–Crippen LogP) is 7.96. The Labute approximate surface area is 241 Å². The number of carbonyl (C=O) groups excluding carboxylic acids is 2. The van der Waals surface area contributed by atoms with Crippen LogP contribution in [0, 0.1) is 50.2 Å². The normalized spacial score (nSPS) is 36.5. The molecule has 1 heterocycles. The number of ketones is 2. The number of nitriles is 1. The lowest BCUT2D eigenvalue weighted by Crippen LogP contribution is -2.56. The van der Waals surface area contributed by atoms with Crippen LogP contribution in [0.25, 0.3) is 0 Å². The van der Waals surface area contributed by atoms with E-state index in [0.717, 1.165) is 56.4 Å². The zero-order valence-corrected chi connectivity index (χ0v) is 26.4. The summed E-state index contributed by atoms with van der Waals surface area (Å²) in [6.45, 7) is 21.7. The topological polar surface area (TPSA) is 96.8 Å². The van der Waals surface area contributed by atoms with Crippen molar-refractivity contribution in [3.63, 3.8) is 0 Å². The van der Waals surface area contributed by atoms with E-state index in [0.29, 0.717) is 5.92 Å². The molecule has 6 nitrogen and oxygen atoms in total. The third-order valence-corrected chi connectivity index (χ3v) is 12.0. The largest absolute Gasteiger partial charge is 0.427 e. The van der Waals surface area contributed by atoms with Gasteiger partial charge in [-0.3, -0.25) is 9.59 Å². The van der Waals surface area contributed by atoms with E-state index in [9.17, 15) is 14.9 Å². The number of carbonyl (C=O) groups is 2. The van der Waals surface area contributed by atoms with Gasteiger partial charge >= 0.3 is 0 Å². The van der Waals surface area contributed by atoms with Gasteiger partial charge in [-0.15, -0.1) is 10.2 Å². The van der Waals surface area contributed by atoms with Crippen LogP contribution in [-0.2, 0) is 15.0 Å². The first-order chi connectivity index (χ1) is 18.4. The Bertz CT molecular complexity index is 1280. The van der Waals surface area contributed by atoms with Gasteiger partial charge in [0, 0.05) is 10.8 Å². The molecule has 0 saturated heterocycles. The van der Waals surface area contributed by atoms with E-state index < -0.39 is 10.8 Å². The molecular weight excluding hydrogens is 498 g/mol. The monoisotopic (exact) mass is 547 g/mol. The number of hydrogen-bond donors (Lipinski definition) is 0. The van der Waals surface area contributed by atoms with Crippen molar-refractivity contribution < 1.29 is 14.0 Å². The molecule has 0 radical (unpaired) electrons. The molecule has 40 heavy (non-hydrogen) atoms. The number of aromatic nitrogens is 2. The molecule has 0 bridgehead atoms. The highest BCUT2D eigenvalue weighted by Gasteiger charge is 2.61. The number of fused-ring (bicyclic) bond motifs is 1. The highest BCUT2D eigenvalue weighted by molar-refractivity contribution is 6.04. The van der Waals surface area contributed by atoms with Crippen LogP contribution in [-0.4, -0.2) is 21.8 Å². The van der Waals surface area contributed by atoms with E-state index >= 15 is 0 Å². The Hall–Kier alpha value is -2.55. The summed E-state index contributed by atoms with van der Waals surface area (Å²) in [5.41, 5.74) is -0.365.